The first kappa shape index (κ1) is 24.0. The van der Waals surface area contributed by atoms with Gasteiger partial charge in [-0.3, -0.25) is 30.0 Å². The molecule has 9 nitrogen and oxygen atoms in total. The number of ether oxygens (including phenoxy) is 1. The van der Waals surface area contributed by atoms with E-state index in [1.165, 1.54) is 43.5 Å². The van der Waals surface area contributed by atoms with Crippen LogP contribution in [0.5, 0.6) is 5.75 Å². The van der Waals surface area contributed by atoms with Crippen molar-refractivity contribution in [1.29, 1.82) is 0 Å². The lowest BCUT2D eigenvalue weighted by Crippen LogP contribution is -2.52. The summed E-state index contributed by atoms with van der Waals surface area (Å²) in [5, 5.41) is 3.25. The van der Waals surface area contributed by atoms with Crippen LogP contribution >= 0.6 is 23.2 Å². The van der Waals surface area contributed by atoms with E-state index >= 15 is 0 Å². The van der Waals surface area contributed by atoms with Crippen LogP contribution in [0.25, 0.3) is 0 Å². The Morgan fingerprint density at radius 2 is 1.61 bits per heavy atom. The summed E-state index contributed by atoms with van der Waals surface area (Å²) in [6, 6.07) is 9.28. The first-order valence-electron chi connectivity index (χ1n) is 8.99. The normalized spacial score (nSPS) is 11.2. The molecule has 0 aromatic heterocycles. The third-order valence-electron chi connectivity index (χ3n) is 4.11. The topological polar surface area (TPSA) is 140 Å². The molecule has 5 N–H and O–H groups in total. The summed E-state index contributed by atoms with van der Waals surface area (Å²) in [6.45, 7) is 0. The number of benzene rings is 2. The van der Waals surface area contributed by atoms with E-state index in [9.17, 15) is 19.2 Å². The van der Waals surface area contributed by atoms with E-state index in [1.807, 2.05) is 0 Å². The molecule has 0 bridgehead atoms. The second-order valence-corrected chi connectivity index (χ2v) is 7.20. The number of halogens is 2. The predicted octanol–water partition coefficient (Wildman–Crippen LogP) is 1.83. The summed E-state index contributed by atoms with van der Waals surface area (Å²) in [7, 11) is 1.38. The molecule has 2 rings (SSSR count). The number of hydrogen-bond acceptors (Lipinski definition) is 5. The minimum absolute atomic E-state index is 0.0726. The molecule has 0 radical (unpaired) electrons. The Labute approximate surface area is 188 Å². The number of carbonyl (C=O) groups is 4. The Morgan fingerprint density at radius 3 is 2.23 bits per heavy atom. The molecule has 0 spiro atoms. The predicted molar refractivity (Wildman–Crippen MR) is 115 cm³/mol. The van der Waals surface area contributed by atoms with Gasteiger partial charge in [-0.15, -0.1) is 0 Å². The lowest BCUT2D eigenvalue weighted by Gasteiger charge is -2.18. The van der Waals surface area contributed by atoms with Crippen molar-refractivity contribution in [3.05, 3.63) is 63.6 Å². The zero-order valence-electron chi connectivity index (χ0n) is 16.4. The fourth-order valence-corrected chi connectivity index (χ4v) is 2.83. The summed E-state index contributed by atoms with van der Waals surface area (Å²) >= 11 is 11.7. The van der Waals surface area contributed by atoms with Gasteiger partial charge in [-0.1, -0.05) is 23.2 Å². The number of hydrazine groups is 1. The number of nitrogens with one attached hydrogen (secondary N) is 3. The van der Waals surface area contributed by atoms with Crippen molar-refractivity contribution >= 4 is 46.8 Å². The molecule has 2 aromatic carbocycles. The molecule has 0 saturated carbocycles. The second kappa shape index (κ2) is 11.2. The van der Waals surface area contributed by atoms with Gasteiger partial charge in [-0.05, 0) is 48.9 Å². The van der Waals surface area contributed by atoms with E-state index < -0.39 is 29.7 Å². The van der Waals surface area contributed by atoms with Gasteiger partial charge in [0.2, 0.25) is 5.91 Å². The van der Waals surface area contributed by atoms with Gasteiger partial charge >= 0.3 is 0 Å². The Kier molecular flexibility index (Phi) is 8.65. The molecule has 11 heteroatoms. The highest BCUT2D eigenvalue weighted by Crippen LogP contribution is 2.22. The van der Waals surface area contributed by atoms with Gasteiger partial charge in [0, 0.05) is 22.0 Å². The molecule has 0 fully saturated rings. The number of hydrogen-bond donors (Lipinski definition) is 4. The number of amides is 4. The quantitative estimate of drug-likeness (QED) is 0.439. The number of carbonyl (C=O) groups excluding carboxylic acids is 4. The molecule has 2 aromatic rings. The Hall–Kier alpha value is -3.30. The number of nitrogens with two attached hydrogens (primary N) is 1. The maximum atomic E-state index is 12.6. The fourth-order valence-electron chi connectivity index (χ4n) is 2.53. The molecule has 0 aliphatic heterocycles. The van der Waals surface area contributed by atoms with Gasteiger partial charge in [-0.25, -0.2) is 0 Å². The lowest BCUT2D eigenvalue weighted by molar-refractivity contribution is -0.124. The Morgan fingerprint density at radius 1 is 0.968 bits per heavy atom. The molecule has 0 saturated heterocycles. The molecule has 31 heavy (non-hydrogen) atoms. The summed E-state index contributed by atoms with van der Waals surface area (Å²) in [4.78, 5) is 48.5. The summed E-state index contributed by atoms with van der Waals surface area (Å²) in [6.07, 6.45) is -0.230. The van der Waals surface area contributed by atoms with Crippen LogP contribution in [-0.2, 0) is 9.59 Å². The first-order valence-corrected chi connectivity index (χ1v) is 9.75. The maximum Gasteiger partial charge on any atom is 0.273 e. The molecular weight excluding hydrogens is 447 g/mol. The van der Waals surface area contributed by atoms with Gasteiger partial charge < -0.3 is 15.8 Å². The standard InChI is InChI=1S/C20H20Cl2N4O5/c1-31-16-8-6-13(22)10-14(16)19(29)25-26-20(30)15(7-9-17(23)27)24-18(28)11-2-4-12(21)5-3-11/h2-6,8,10,15H,7,9H2,1H3,(H2,23,27)(H,24,28)(H,25,29)(H,26,30)/t15-/m0/s1. The van der Waals surface area contributed by atoms with Crippen molar-refractivity contribution in [1.82, 2.24) is 16.2 Å². The zero-order valence-corrected chi connectivity index (χ0v) is 17.9. The lowest BCUT2D eigenvalue weighted by atomic mass is 10.1. The Balaban J connectivity index is 2.07. The van der Waals surface area contributed by atoms with E-state index in [4.69, 9.17) is 33.7 Å². The van der Waals surface area contributed by atoms with Crippen molar-refractivity contribution in [2.75, 3.05) is 7.11 Å². The summed E-state index contributed by atoms with van der Waals surface area (Å²) < 4.78 is 5.10. The summed E-state index contributed by atoms with van der Waals surface area (Å²) in [5.41, 5.74) is 9.94. The van der Waals surface area contributed by atoms with Crippen LogP contribution in [0.15, 0.2) is 42.5 Å². The highest BCUT2D eigenvalue weighted by Gasteiger charge is 2.23. The van der Waals surface area contributed by atoms with E-state index in [0.29, 0.717) is 10.0 Å². The van der Waals surface area contributed by atoms with Gasteiger partial charge in [0.1, 0.15) is 11.8 Å². The van der Waals surface area contributed by atoms with Crippen molar-refractivity contribution in [3.8, 4) is 5.75 Å². The van der Waals surface area contributed by atoms with E-state index in [2.05, 4.69) is 16.2 Å². The van der Waals surface area contributed by atoms with Crippen LogP contribution in [0.3, 0.4) is 0 Å². The SMILES string of the molecule is COc1ccc(Cl)cc1C(=O)NNC(=O)[C@H](CCC(N)=O)NC(=O)c1ccc(Cl)cc1. The third kappa shape index (κ3) is 7.16. The molecule has 0 heterocycles. The molecule has 164 valence electrons. The van der Waals surface area contributed by atoms with Crippen molar-refractivity contribution in [2.24, 2.45) is 5.73 Å². The van der Waals surface area contributed by atoms with Crippen LogP contribution in [0.2, 0.25) is 10.0 Å². The zero-order chi connectivity index (χ0) is 23.0. The van der Waals surface area contributed by atoms with Crippen LogP contribution in [0.4, 0.5) is 0 Å². The van der Waals surface area contributed by atoms with E-state index in [0.717, 1.165) is 0 Å². The van der Waals surface area contributed by atoms with Crippen LogP contribution in [0.1, 0.15) is 33.6 Å². The number of rotatable bonds is 8. The third-order valence-corrected chi connectivity index (χ3v) is 4.60. The van der Waals surface area contributed by atoms with Gasteiger partial charge in [0.15, 0.2) is 0 Å². The largest absolute Gasteiger partial charge is 0.496 e. The average molecular weight is 467 g/mol. The maximum absolute atomic E-state index is 12.6. The highest BCUT2D eigenvalue weighted by atomic mass is 35.5. The first-order chi connectivity index (χ1) is 14.7. The van der Waals surface area contributed by atoms with Crippen molar-refractivity contribution in [2.45, 2.75) is 18.9 Å². The fraction of sp³-hybridized carbons (Fsp3) is 0.200. The van der Waals surface area contributed by atoms with Crippen LogP contribution in [0, 0.1) is 0 Å². The Bertz CT molecular complexity index is 982. The van der Waals surface area contributed by atoms with Gasteiger partial charge in [0.05, 0.1) is 12.7 Å². The van der Waals surface area contributed by atoms with Crippen LogP contribution < -0.4 is 26.6 Å². The van der Waals surface area contributed by atoms with Crippen molar-refractivity contribution < 1.29 is 23.9 Å². The highest BCUT2D eigenvalue weighted by molar-refractivity contribution is 6.31. The smallest absolute Gasteiger partial charge is 0.273 e. The molecule has 0 aliphatic rings. The minimum Gasteiger partial charge on any atom is -0.496 e. The second-order valence-electron chi connectivity index (χ2n) is 6.33. The molecule has 0 unspecified atom stereocenters. The van der Waals surface area contributed by atoms with Crippen LogP contribution in [-0.4, -0.2) is 36.8 Å². The van der Waals surface area contributed by atoms with Gasteiger partial charge in [0.25, 0.3) is 17.7 Å². The summed E-state index contributed by atoms with van der Waals surface area (Å²) in [5.74, 6) is -2.41. The van der Waals surface area contributed by atoms with E-state index in [-0.39, 0.29) is 29.7 Å². The molecule has 1 atom stereocenters. The van der Waals surface area contributed by atoms with Crippen molar-refractivity contribution in [3.63, 3.8) is 0 Å². The molecule has 0 aliphatic carbocycles. The number of methoxy groups -OCH3 is 1. The van der Waals surface area contributed by atoms with Gasteiger partial charge in [-0.2, -0.15) is 0 Å². The average Bonchev–Trinajstić information content (AvgIpc) is 2.74. The number of primary amides is 1. The minimum atomic E-state index is -1.14. The molecule has 4 amide bonds. The van der Waals surface area contributed by atoms with E-state index in [1.54, 1.807) is 6.07 Å². The molecular formula is C20H20Cl2N4O5. The monoisotopic (exact) mass is 466 g/mol.